The Balaban J connectivity index is 1.33. The van der Waals surface area contributed by atoms with Crippen molar-refractivity contribution in [1.82, 2.24) is 15.1 Å². The van der Waals surface area contributed by atoms with Crippen LogP contribution in [-0.4, -0.2) is 33.9 Å². The van der Waals surface area contributed by atoms with Gasteiger partial charge >= 0.3 is 0 Å². The fourth-order valence-electron chi connectivity index (χ4n) is 2.65. The van der Waals surface area contributed by atoms with E-state index in [1.54, 1.807) is 37.6 Å². The van der Waals surface area contributed by atoms with Crippen LogP contribution in [0.5, 0.6) is 5.75 Å². The molecular weight excluding hydrogens is 400 g/mol. The van der Waals surface area contributed by atoms with Crippen molar-refractivity contribution in [3.8, 4) is 28.6 Å². The number of rotatable bonds is 7. The molecule has 8 heteroatoms. The van der Waals surface area contributed by atoms with Gasteiger partial charge in [0.05, 0.1) is 23.5 Å². The number of hydrogen-bond donors (Lipinski definition) is 1. The van der Waals surface area contributed by atoms with E-state index in [0.717, 1.165) is 27.6 Å². The van der Waals surface area contributed by atoms with Crippen LogP contribution in [0.4, 0.5) is 5.69 Å². The summed E-state index contributed by atoms with van der Waals surface area (Å²) in [5.74, 6) is 1.80. The Morgan fingerprint density at radius 1 is 1.03 bits per heavy atom. The number of benzene rings is 2. The van der Waals surface area contributed by atoms with E-state index in [-0.39, 0.29) is 11.7 Å². The van der Waals surface area contributed by atoms with Crippen molar-refractivity contribution in [2.75, 3.05) is 18.2 Å². The SMILES string of the molecule is COc1ccc(NC(=O)CSc2ccc(-c3nc(-c4ccccc4)no3)cn2)cc1. The first-order chi connectivity index (χ1) is 14.7. The number of nitrogens with zero attached hydrogens (tertiary/aromatic N) is 3. The van der Waals surface area contributed by atoms with E-state index in [4.69, 9.17) is 9.26 Å². The lowest BCUT2D eigenvalue weighted by molar-refractivity contribution is -0.113. The Kier molecular flexibility index (Phi) is 6.05. The van der Waals surface area contributed by atoms with Crippen molar-refractivity contribution >= 4 is 23.4 Å². The number of pyridine rings is 1. The quantitative estimate of drug-likeness (QED) is 0.441. The number of carbonyl (C=O) groups excluding carboxylic acids is 1. The fraction of sp³-hybridized carbons (Fsp3) is 0.0909. The highest BCUT2D eigenvalue weighted by Gasteiger charge is 2.11. The molecule has 0 aliphatic carbocycles. The van der Waals surface area contributed by atoms with Crippen LogP contribution in [0.1, 0.15) is 0 Å². The number of ether oxygens (including phenoxy) is 1. The third-order valence-corrected chi connectivity index (χ3v) is 5.11. The van der Waals surface area contributed by atoms with E-state index in [0.29, 0.717) is 11.7 Å². The van der Waals surface area contributed by atoms with E-state index in [1.165, 1.54) is 11.8 Å². The third kappa shape index (κ3) is 4.84. The monoisotopic (exact) mass is 418 g/mol. The molecule has 0 aliphatic heterocycles. The summed E-state index contributed by atoms with van der Waals surface area (Å²) in [5.41, 5.74) is 2.32. The highest BCUT2D eigenvalue weighted by atomic mass is 32.2. The Labute approximate surface area is 177 Å². The first-order valence-corrected chi connectivity index (χ1v) is 10.1. The molecule has 2 aromatic heterocycles. The first-order valence-electron chi connectivity index (χ1n) is 9.13. The molecule has 1 N–H and O–H groups in total. The lowest BCUT2D eigenvalue weighted by Gasteiger charge is -2.06. The van der Waals surface area contributed by atoms with Gasteiger partial charge < -0.3 is 14.6 Å². The van der Waals surface area contributed by atoms with Gasteiger partial charge in [-0.15, -0.1) is 0 Å². The number of nitrogens with one attached hydrogen (secondary N) is 1. The number of amides is 1. The maximum Gasteiger partial charge on any atom is 0.259 e. The highest BCUT2D eigenvalue weighted by Crippen LogP contribution is 2.24. The second-order valence-electron chi connectivity index (χ2n) is 6.24. The molecule has 0 saturated carbocycles. The maximum absolute atomic E-state index is 12.1. The van der Waals surface area contributed by atoms with Crippen molar-refractivity contribution in [1.29, 1.82) is 0 Å². The second-order valence-corrected chi connectivity index (χ2v) is 7.24. The summed E-state index contributed by atoms with van der Waals surface area (Å²) in [5, 5.41) is 7.59. The molecule has 0 bridgehead atoms. The molecule has 0 fully saturated rings. The molecule has 1 amide bonds. The number of carbonyl (C=O) groups is 1. The summed E-state index contributed by atoms with van der Waals surface area (Å²) >= 11 is 1.35. The number of anilines is 1. The number of thioether (sulfide) groups is 1. The van der Waals surface area contributed by atoms with E-state index in [2.05, 4.69) is 20.4 Å². The predicted molar refractivity (Wildman–Crippen MR) is 115 cm³/mol. The van der Waals surface area contributed by atoms with Crippen molar-refractivity contribution in [3.63, 3.8) is 0 Å². The molecule has 2 heterocycles. The topological polar surface area (TPSA) is 90.1 Å². The minimum atomic E-state index is -0.111. The lowest BCUT2D eigenvalue weighted by Crippen LogP contribution is -2.13. The van der Waals surface area contributed by atoms with Gasteiger partial charge in [-0.1, -0.05) is 47.3 Å². The molecule has 0 atom stereocenters. The number of methoxy groups -OCH3 is 1. The van der Waals surface area contributed by atoms with Gasteiger partial charge in [0.25, 0.3) is 5.89 Å². The fourth-order valence-corrected chi connectivity index (χ4v) is 3.29. The second kappa shape index (κ2) is 9.23. The molecule has 30 heavy (non-hydrogen) atoms. The molecule has 0 aliphatic rings. The van der Waals surface area contributed by atoms with Gasteiger partial charge in [-0.05, 0) is 36.4 Å². The zero-order valence-electron chi connectivity index (χ0n) is 16.1. The van der Waals surface area contributed by atoms with Crippen LogP contribution in [0.2, 0.25) is 0 Å². The summed E-state index contributed by atoms with van der Waals surface area (Å²) in [7, 11) is 1.60. The summed E-state index contributed by atoms with van der Waals surface area (Å²) in [6.07, 6.45) is 1.66. The van der Waals surface area contributed by atoms with Gasteiger partial charge in [0, 0.05) is 17.4 Å². The van der Waals surface area contributed by atoms with Crippen LogP contribution in [-0.2, 0) is 4.79 Å². The van der Waals surface area contributed by atoms with Crippen LogP contribution in [0.3, 0.4) is 0 Å². The van der Waals surface area contributed by atoms with Gasteiger partial charge in [-0.2, -0.15) is 4.98 Å². The summed E-state index contributed by atoms with van der Waals surface area (Å²) in [6.45, 7) is 0. The normalized spacial score (nSPS) is 10.6. The van der Waals surface area contributed by atoms with Crippen LogP contribution < -0.4 is 10.1 Å². The molecule has 0 unspecified atom stereocenters. The van der Waals surface area contributed by atoms with Crippen molar-refractivity contribution in [3.05, 3.63) is 72.9 Å². The average molecular weight is 418 g/mol. The van der Waals surface area contributed by atoms with Crippen molar-refractivity contribution < 1.29 is 14.1 Å². The smallest absolute Gasteiger partial charge is 0.259 e. The average Bonchev–Trinajstić information content (AvgIpc) is 3.29. The number of aromatic nitrogens is 3. The van der Waals surface area contributed by atoms with Gasteiger partial charge in [0.2, 0.25) is 11.7 Å². The van der Waals surface area contributed by atoms with E-state index in [9.17, 15) is 4.79 Å². The van der Waals surface area contributed by atoms with E-state index >= 15 is 0 Å². The zero-order chi connectivity index (χ0) is 20.8. The van der Waals surface area contributed by atoms with Crippen LogP contribution >= 0.6 is 11.8 Å². The van der Waals surface area contributed by atoms with E-state index in [1.807, 2.05) is 42.5 Å². The van der Waals surface area contributed by atoms with Gasteiger partial charge in [-0.25, -0.2) is 4.98 Å². The Morgan fingerprint density at radius 3 is 2.53 bits per heavy atom. The van der Waals surface area contributed by atoms with Crippen molar-refractivity contribution in [2.45, 2.75) is 5.03 Å². The van der Waals surface area contributed by atoms with Crippen LogP contribution in [0, 0.1) is 0 Å². The molecule has 0 spiro atoms. The lowest BCUT2D eigenvalue weighted by atomic mass is 10.2. The molecule has 4 rings (SSSR count). The molecule has 0 saturated heterocycles. The standard InChI is InChI=1S/C22H18N4O3S/c1-28-18-10-8-17(9-11-18)24-19(27)14-30-20-12-7-16(13-23-20)22-25-21(26-29-22)15-5-3-2-4-6-15/h2-13H,14H2,1H3,(H,24,27). The molecule has 150 valence electrons. The largest absolute Gasteiger partial charge is 0.497 e. The van der Waals surface area contributed by atoms with Gasteiger partial charge in [0.1, 0.15) is 5.75 Å². The Bertz CT molecular complexity index is 1110. The minimum Gasteiger partial charge on any atom is -0.497 e. The van der Waals surface area contributed by atoms with E-state index < -0.39 is 0 Å². The Hall–Kier alpha value is -3.65. The number of hydrogen-bond acceptors (Lipinski definition) is 7. The maximum atomic E-state index is 12.1. The zero-order valence-corrected chi connectivity index (χ0v) is 16.9. The third-order valence-electron chi connectivity index (χ3n) is 4.17. The Morgan fingerprint density at radius 2 is 1.83 bits per heavy atom. The van der Waals surface area contributed by atoms with Crippen LogP contribution in [0.15, 0.2) is 82.5 Å². The predicted octanol–water partition coefficient (Wildman–Crippen LogP) is 4.54. The molecular formula is C22H18N4O3S. The van der Waals surface area contributed by atoms with Crippen molar-refractivity contribution in [2.24, 2.45) is 0 Å². The summed E-state index contributed by atoms with van der Waals surface area (Å²) in [4.78, 5) is 20.9. The molecule has 0 radical (unpaired) electrons. The van der Waals surface area contributed by atoms with Gasteiger partial charge in [-0.3, -0.25) is 4.79 Å². The minimum absolute atomic E-state index is 0.111. The summed E-state index contributed by atoms with van der Waals surface area (Å²) < 4.78 is 10.4. The molecule has 4 aromatic rings. The van der Waals surface area contributed by atoms with Gasteiger partial charge in [0.15, 0.2) is 0 Å². The highest BCUT2D eigenvalue weighted by molar-refractivity contribution is 7.99. The summed E-state index contributed by atoms with van der Waals surface area (Å²) in [6, 6.07) is 20.5. The van der Waals surface area contributed by atoms with Crippen LogP contribution in [0.25, 0.3) is 22.8 Å². The molecule has 7 nitrogen and oxygen atoms in total. The first kappa shape index (κ1) is 19.7. The molecule has 2 aromatic carbocycles.